The summed E-state index contributed by atoms with van der Waals surface area (Å²) in [6.45, 7) is 5.38. The third kappa shape index (κ3) is 6.64. The normalized spacial score (nSPS) is 16.5. The lowest BCUT2D eigenvalue weighted by Crippen LogP contribution is -2.47. The Bertz CT molecular complexity index is 1400. The molecule has 8 heteroatoms. The Hall–Kier alpha value is -3.65. The first-order valence-electron chi connectivity index (χ1n) is 15.3. The van der Waals surface area contributed by atoms with Crippen molar-refractivity contribution in [3.05, 3.63) is 95.1 Å². The van der Waals surface area contributed by atoms with Crippen LogP contribution >= 0.6 is 0 Å². The number of amides is 2. The summed E-state index contributed by atoms with van der Waals surface area (Å²) < 4.78 is 39.4. The highest BCUT2D eigenvalue weighted by Gasteiger charge is 2.49. The van der Waals surface area contributed by atoms with Crippen LogP contribution < -0.4 is 10.6 Å². The van der Waals surface area contributed by atoms with Crippen molar-refractivity contribution in [2.45, 2.75) is 69.5 Å². The maximum Gasteiger partial charge on any atom is 0.405 e. The van der Waals surface area contributed by atoms with Crippen molar-refractivity contribution < 1.29 is 22.8 Å². The second kappa shape index (κ2) is 12.9. The van der Waals surface area contributed by atoms with Crippen LogP contribution in [0, 0.1) is 0 Å². The van der Waals surface area contributed by atoms with Crippen LogP contribution in [0.5, 0.6) is 0 Å². The minimum atomic E-state index is -4.49. The number of fused-ring (bicyclic) bond motifs is 3. The lowest BCUT2D eigenvalue weighted by atomic mass is 9.73. The summed E-state index contributed by atoms with van der Waals surface area (Å²) in [6.07, 6.45) is -0.840. The predicted octanol–water partition coefficient (Wildman–Crippen LogP) is 6.82. The van der Waals surface area contributed by atoms with E-state index in [4.69, 9.17) is 0 Å². The molecular weight excluding hydrogens is 551 g/mol. The minimum Gasteiger partial charge on any atom is -0.349 e. The quantitative estimate of drug-likeness (QED) is 0.255. The van der Waals surface area contributed by atoms with E-state index in [2.05, 4.69) is 29.4 Å². The predicted molar refractivity (Wildman–Crippen MR) is 163 cm³/mol. The van der Waals surface area contributed by atoms with Crippen LogP contribution in [0.15, 0.2) is 72.8 Å². The molecule has 1 aliphatic heterocycles. The summed E-state index contributed by atoms with van der Waals surface area (Å²) in [4.78, 5) is 29.0. The van der Waals surface area contributed by atoms with E-state index < -0.39 is 24.0 Å². The Balaban J connectivity index is 1.20. The van der Waals surface area contributed by atoms with Gasteiger partial charge in [-0.25, -0.2) is 0 Å². The van der Waals surface area contributed by atoms with Crippen LogP contribution in [-0.2, 0) is 10.2 Å². The Kier molecular flexibility index (Phi) is 9.25. The number of piperidine rings is 1. The van der Waals surface area contributed by atoms with Crippen molar-refractivity contribution in [3.8, 4) is 11.1 Å². The van der Waals surface area contributed by atoms with Crippen LogP contribution in [0.25, 0.3) is 11.1 Å². The van der Waals surface area contributed by atoms with E-state index in [-0.39, 0.29) is 17.9 Å². The van der Waals surface area contributed by atoms with Gasteiger partial charge in [0.15, 0.2) is 0 Å². The fraction of sp³-hybridized carbons (Fsp3) is 0.429. The van der Waals surface area contributed by atoms with Gasteiger partial charge < -0.3 is 15.5 Å². The third-order valence-electron chi connectivity index (χ3n) is 8.93. The van der Waals surface area contributed by atoms with E-state index in [0.29, 0.717) is 12.8 Å². The zero-order valence-corrected chi connectivity index (χ0v) is 24.8. The van der Waals surface area contributed by atoms with Crippen LogP contribution in [0.1, 0.15) is 78.9 Å². The van der Waals surface area contributed by atoms with E-state index in [1.165, 1.54) is 0 Å². The molecule has 0 aromatic heterocycles. The van der Waals surface area contributed by atoms with Crippen molar-refractivity contribution in [1.29, 1.82) is 0 Å². The summed E-state index contributed by atoms with van der Waals surface area (Å²) in [5, 5.41) is 5.43. The van der Waals surface area contributed by atoms with Crippen LogP contribution in [0.2, 0.25) is 0 Å². The number of nitrogens with one attached hydrogen (secondary N) is 2. The van der Waals surface area contributed by atoms with Gasteiger partial charge in [-0.1, -0.05) is 87.0 Å². The van der Waals surface area contributed by atoms with Gasteiger partial charge in [0, 0.05) is 24.7 Å². The van der Waals surface area contributed by atoms with Crippen LogP contribution in [0.3, 0.4) is 0 Å². The van der Waals surface area contributed by atoms with Gasteiger partial charge in [0.05, 0.1) is 0 Å². The Morgan fingerprint density at radius 2 is 1.47 bits per heavy atom. The second-order valence-electron chi connectivity index (χ2n) is 12.1. The van der Waals surface area contributed by atoms with E-state index in [9.17, 15) is 22.8 Å². The van der Waals surface area contributed by atoms with Gasteiger partial charge >= 0.3 is 6.18 Å². The summed E-state index contributed by atoms with van der Waals surface area (Å²) in [6, 6.07) is 23.0. The topological polar surface area (TPSA) is 61.4 Å². The molecule has 228 valence electrons. The van der Waals surface area contributed by atoms with Gasteiger partial charge in [-0.2, -0.15) is 13.2 Å². The maximum absolute atomic E-state index is 13.7. The number of unbranched alkanes of at least 4 members (excludes halogenated alkanes) is 1. The lowest BCUT2D eigenvalue weighted by molar-refractivity contribution is -0.141. The minimum absolute atomic E-state index is 0.0195. The Morgan fingerprint density at radius 3 is 2.07 bits per heavy atom. The summed E-state index contributed by atoms with van der Waals surface area (Å²) in [5.41, 5.74) is 3.97. The monoisotopic (exact) mass is 591 g/mol. The van der Waals surface area contributed by atoms with E-state index in [0.717, 1.165) is 72.3 Å². The maximum atomic E-state index is 13.7. The number of hydrogen-bond donors (Lipinski definition) is 2. The molecule has 1 heterocycles. The number of carbonyl (C=O) groups is 2. The zero-order chi connectivity index (χ0) is 30.6. The van der Waals surface area contributed by atoms with Gasteiger partial charge in [0.25, 0.3) is 5.91 Å². The molecule has 2 N–H and O–H groups in total. The fourth-order valence-corrected chi connectivity index (χ4v) is 6.78. The number of halogens is 3. The number of benzene rings is 3. The highest BCUT2D eigenvalue weighted by molar-refractivity contribution is 6.00. The molecule has 0 saturated carbocycles. The molecule has 5 rings (SSSR count). The molecule has 43 heavy (non-hydrogen) atoms. The van der Waals surface area contributed by atoms with E-state index in [1.54, 1.807) is 0 Å². The molecule has 2 amide bonds. The molecule has 1 fully saturated rings. The Morgan fingerprint density at radius 1 is 0.884 bits per heavy atom. The molecule has 0 bridgehead atoms. The van der Waals surface area contributed by atoms with Gasteiger partial charge in [0.2, 0.25) is 5.91 Å². The average molecular weight is 592 g/mol. The lowest BCUT2D eigenvalue weighted by Gasteiger charge is -2.33. The molecular formula is C35H40F3N3O2. The molecule has 1 saturated heterocycles. The van der Waals surface area contributed by atoms with Gasteiger partial charge in [0.1, 0.15) is 12.0 Å². The third-order valence-corrected chi connectivity index (χ3v) is 8.93. The first-order chi connectivity index (χ1) is 20.6. The fourth-order valence-electron chi connectivity index (χ4n) is 6.78. The molecule has 0 atom stereocenters. The van der Waals surface area contributed by atoms with E-state index in [1.807, 2.05) is 72.8 Å². The number of likely N-dealkylation sites (tertiary alicyclic amines) is 1. The SMILES string of the molecule is CC(C)c1ccccc1C(=O)NC1CCN(CCCCC2(C(=O)NCC(F)(F)F)c3ccccc3-c3ccccc32)CC1. The van der Waals surface area contributed by atoms with Crippen molar-refractivity contribution >= 4 is 11.8 Å². The Labute approximate surface area is 251 Å². The number of hydrogen-bond acceptors (Lipinski definition) is 3. The smallest absolute Gasteiger partial charge is 0.349 e. The van der Waals surface area contributed by atoms with E-state index >= 15 is 0 Å². The summed E-state index contributed by atoms with van der Waals surface area (Å²) in [7, 11) is 0. The molecule has 5 nitrogen and oxygen atoms in total. The van der Waals surface area contributed by atoms with Gasteiger partial charge in [-0.15, -0.1) is 0 Å². The second-order valence-corrected chi connectivity index (χ2v) is 12.1. The van der Waals surface area contributed by atoms with Gasteiger partial charge in [-0.3, -0.25) is 9.59 Å². The zero-order valence-electron chi connectivity index (χ0n) is 24.8. The molecule has 2 aliphatic rings. The molecule has 0 spiro atoms. The average Bonchev–Trinajstić information content (AvgIpc) is 3.29. The highest BCUT2D eigenvalue weighted by Crippen LogP contribution is 2.51. The van der Waals surface area contributed by atoms with Crippen molar-refractivity contribution in [3.63, 3.8) is 0 Å². The van der Waals surface area contributed by atoms with Crippen molar-refractivity contribution in [2.24, 2.45) is 0 Å². The molecule has 3 aromatic rings. The standard InChI is InChI=1S/C35H40F3N3O2/c1-24(2)26-11-3-4-14-29(26)32(42)40-25-17-21-41(22-18-25)20-10-9-19-34(33(43)39-23-35(36,37)38)30-15-7-5-12-27(30)28-13-6-8-16-31(28)34/h3-8,11-16,24-25H,9-10,17-23H2,1-2H3,(H,39,43)(H,40,42). The molecule has 1 aliphatic carbocycles. The van der Waals surface area contributed by atoms with Crippen LogP contribution in [0.4, 0.5) is 13.2 Å². The first-order valence-corrected chi connectivity index (χ1v) is 15.3. The molecule has 3 aromatic carbocycles. The first kappa shape index (κ1) is 30.8. The molecule has 0 radical (unpaired) electrons. The van der Waals surface area contributed by atoms with Crippen molar-refractivity contribution in [2.75, 3.05) is 26.2 Å². The van der Waals surface area contributed by atoms with Gasteiger partial charge in [-0.05, 0) is 72.0 Å². The molecule has 0 unspecified atom stereocenters. The van der Waals surface area contributed by atoms with Crippen molar-refractivity contribution in [1.82, 2.24) is 15.5 Å². The number of nitrogens with zero attached hydrogens (tertiary/aromatic N) is 1. The summed E-state index contributed by atoms with van der Waals surface area (Å²) in [5.74, 6) is -0.350. The largest absolute Gasteiger partial charge is 0.405 e. The summed E-state index contributed by atoms with van der Waals surface area (Å²) >= 11 is 0. The number of alkyl halides is 3. The van der Waals surface area contributed by atoms with Crippen LogP contribution in [-0.4, -0.2) is 55.1 Å². The number of rotatable bonds is 10. The highest BCUT2D eigenvalue weighted by atomic mass is 19.4. The number of carbonyl (C=O) groups excluding carboxylic acids is 2.